The van der Waals surface area contributed by atoms with E-state index in [1.807, 2.05) is 55.5 Å². The number of benzene rings is 2. The molecule has 0 saturated heterocycles. The van der Waals surface area contributed by atoms with Gasteiger partial charge in [0.2, 0.25) is 5.91 Å². The second-order valence-electron chi connectivity index (χ2n) is 6.53. The number of carbonyl (C=O) groups is 3. The van der Waals surface area contributed by atoms with Crippen molar-refractivity contribution in [1.82, 2.24) is 4.90 Å². The zero-order valence-corrected chi connectivity index (χ0v) is 17.1. The van der Waals surface area contributed by atoms with E-state index in [0.29, 0.717) is 4.88 Å². The first kappa shape index (κ1) is 20.5. The standard InChI is InChI=1S/C22H22N2O4S/c1-3-15-8-4-6-10-17(15)23-20(25)13-24(2)21(26)14-28-22(27)19-12-16-9-5-7-11-18(16)29-19/h4-12H,3,13-14H2,1-2H3,(H,23,25). The number of hydrogen-bond donors (Lipinski definition) is 1. The van der Waals surface area contributed by atoms with Crippen LogP contribution in [0.3, 0.4) is 0 Å². The highest BCUT2D eigenvalue weighted by molar-refractivity contribution is 7.20. The number of nitrogens with zero attached hydrogens (tertiary/aromatic N) is 1. The van der Waals surface area contributed by atoms with Gasteiger partial charge in [0.25, 0.3) is 5.91 Å². The molecule has 3 aromatic rings. The highest BCUT2D eigenvalue weighted by atomic mass is 32.1. The van der Waals surface area contributed by atoms with Crippen molar-refractivity contribution in [2.75, 3.05) is 25.5 Å². The molecule has 29 heavy (non-hydrogen) atoms. The molecular formula is C22H22N2O4S. The van der Waals surface area contributed by atoms with Gasteiger partial charge >= 0.3 is 5.97 Å². The Morgan fingerprint density at radius 3 is 2.55 bits per heavy atom. The predicted octanol–water partition coefficient (Wildman–Crippen LogP) is 3.72. The molecule has 6 nitrogen and oxygen atoms in total. The average Bonchev–Trinajstić information content (AvgIpc) is 3.16. The Balaban J connectivity index is 1.50. The summed E-state index contributed by atoms with van der Waals surface area (Å²) in [4.78, 5) is 38.4. The minimum absolute atomic E-state index is 0.128. The van der Waals surface area contributed by atoms with Gasteiger partial charge in [-0.05, 0) is 35.6 Å². The number of aryl methyl sites for hydroxylation is 1. The van der Waals surface area contributed by atoms with Crippen LogP contribution in [0.2, 0.25) is 0 Å². The summed E-state index contributed by atoms with van der Waals surface area (Å²) >= 11 is 1.32. The summed E-state index contributed by atoms with van der Waals surface area (Å²) in [5.74, 6) is -1.30. The minimum Gasteiger partial charge on any atom is -0.451 e. The van der Waals surface area contributed by atoms with Gasteiger partial charge in [-0.25, -0.2) is 4.79 Å². The van der Waals surface area contributed by atoms with Crippen molar-refractivity contribution in [2.45, 2.75) is 13.3 Å². The number of thiophene rings is 1. The van der Waals surface area contributed by atoms with E-state index in [9.17, 15) is 14.4 Å². The van der Waals surface area contributed by atoms with Gasteiger partial charge < -0.3 is 15.0 Å². The van der Waals surface area contributed by atoms with Crippen LogP contribution >= 0.6 is 11.3 Å². The van der Waals surface area contributed by atoms with Crippen LogP contribution in [-0.2, 0) is 20.7 Å². The Kier molecular flexibility index (Phi) is 6.61. The van der Waals surface area contributed by atoms with Crippen molar-refractivity contribution in [1.29, 1.82) is 0 Å². The van der Waals surface area contributed by atoms with Crippen molar-refractivity contribution in [3.8, 4) is 0 Å². The Bertz CT molecular complexity index is 1010. The van der Waals surface area contributed by atoms with Crippen molar-refractivity contribution in [3.63, 3.8) is 0 Å². The Labute approximate surface area is 173 Å². The summed E-state index contributed by atoms with van der Waals surface area (Å²) in [6.45, 7) is 1.46. The van der Waals surface area contributed by atoms with E-state index in [1.54, 1.807) is 6.07 Å². The molecule has 0 unspecified atom stereocenters. The number of fused-ring (bicyclic) bond motifs is 1. The molecule has 0 fully saturated rings. The maximum atomic E-state index is 12.2. The SMILES string of the molecule is CCc1ccccc1NC(=O)CN(C)C(=O)COC(=O)c1cc2ccccc2s1. The monoisotopic (exact) mass is 410 g/mol. The smallest absolute Gasteiger partial charge is 0.348 e. The van der Waals surface area contributed by atoms with E-state index in [2.05, 4.69) is 5.32 Å². The fourth-order valence-electron chi connectivity index (χ4n) is 2.83. The second kappa shape index (κ2) is 9.34. The molecule has 0 aliphatic heterocycles. The first-order valence-corrected chi connectivity index (χ1v) is 10.1. The van der Waals surface area contributed by atoms with Crippen LogP contribution in [0, 0.1) is 0 Å². The summed E-state index contributed by atoms with van der Waals surface area (Å²) in [6.07, 6.45) is 0.791. The fraction of sp³-hybridized carbons (Fsp3) is 0.227. The molecule has 0 bridgehead atoms. The van der Waals surface area contributed by atoms with Gasteiger partial charge in [-0.2, -0.15) is 0 Å². The number of para-hydroxylation sites is 1. The van der Waals surface area contributed by atoms with Crippen LogP contribution in [-0.4, -0.2) is 42.9 Å². The number of carbonyl (C=O) groups excluding carboxylic acids is 3. The van der Waals surface area contributed by atoms with E-state index in [-0.39, 0.29) is 12.5 Å². The largest absolute Gasteiger partial charge is 0.451 e. The molecule has 0 atom stereocenters. The highest BCUT2D eigenvalue weighted by Gasteiger charge is 2.17. The zero-order chi connectivity index (χ0) is 20.8. The lowest BCUT2D eigenvalue weighted by molar-refractivity contribution is -0.136. The molecule has 0 aliphatic rings. The normalized spacial score (nSPS) is 10.6. The number of nitrogens with one attached hydrogen (secondary N) is 1. The molecule has 150 valence electrons. The van der Waals surface area contributed by atoms with Gasteiger partial charge in [-0.15, -0.1) is 11.3 Å². The summed E-state index contributed by atoms with van der Waals surface area (Å²) in [7, 11) is 1.50. The molecule has 0 aliphatic carbocycles. The number of rotatable bonds is 7. The third-order valence-corrected chi connectivity index (χ3v) is 5.53. The lowest BCUT2D eigenvalue weighted by Gasteiger charge is -2.17. The fourth-order valence-corrected chi connectivity index (χ4v) is 3.79. The third-order valence-electron chi connectivity index (χ3n) is 4.43. The van der Waals surface area contributed by atoms with Gasteiger partial charge in [-0.1, -0.05) is 43.3 Å². The Morgan fingerprint density at radius 1 is 1.07 bits per heavy atom. The van der Waals surface area contributed by atoms with Crippen LogP contribution in [0.15, 0.2) is 54.6 Å². The minimum atomic E-state index is -0.547. The molecule has 2 amide bonds. The summed E-state index contributed by atoms with van der Waals surface area (Å²) in [6, 6.07) is 16.9. The second-order valence-corrected chi connectivity index (χ2v) is 7.62. The molecule has 0 radical (unpaired) electrons. The van der Waals surface area contributed by atoms with E-state index < -0.39 is 18.5 Å². The molecule has 1 aromatic heterocycles. The van der Waals surface area contributed by atoms with E-state index in [0.717, 1.165) is 27.8 Å². The van der Waals surface area contributed by atoms with E-state index in [1.165, 1.54) is 23.3 Å². The van der Waals surface area contributed by atoms with Gasteiger partial charge in [0.1, 0.15) is 4.88 Å². The van der Waals surface area contributed by atoms with Crippen LogP contribution in [0.25, 0.3) is 10.1 Å². The van der Waals surface area contributed by atoms with Crippen molar-refractivity contribution < 1.29 is 19.1 Å². The van der Waals surface area contributed by atoms with Crippen molar-refractivity contribution >= 4 is 44.9 Å². The van der Waals surface area contributed by atoms with Crippen molar-refractivity contribution in [2.24, 2.45) is 0 Å². The molecular weight excluding hydrogens is 388 g/mol. The van der Waals surface area contributed by atoms with Crippen LogP contribution < -0.4 is 5.32 Å². The molecule has 0 spiro atoms. The Hall–Kier alpha value is -3.19. The molecule has 2 aromatic carbocycles. The number of likely N-dealkylation sites (N-methyl/N-ethyl adjacent to an activating group) is 1. The van der Waals surface area contributed by atoms with Crippen LogP contribution in [0.4, 0.5) is 5.69 Å². The lowest BCUT2D eigenvalue weighted by Crippen LogP contribution is -2.37. The lowest BCUT2D eigenvalue weighted by atomic mass is 10.1. The number of esters is 1. The first-order chi connectivity index (χ1) is 14.0. The average molecular weight is 410 g/mol. The van der Waals surface area contributed by atoms with Gasteiger partial charge in [0.05, 0.1) is 6.54 Å². The predicted molar refractivity (Wildman–Crippen MR) is 114 cm³/mol. The van der Waals surface area contributed by atoms with Gasteiger partial charge in [0, 0.05) is 17.4 Å². The molecule has 3 rings (SSSR count). The zero-order valence-electron chi connectivity index (χ0n) is 16.3. The molecule has 0 saturated carbocycles. The molecule has 1 heterocycles. The summed E-state index contributed by atoms with van der Waals surface area (Å²) in [5, 5.41) is 3.77. The highest BCUT2D eigenvalue weighted by Crippen LogP contribution is 2.25. The Morgan fingerprint density at radius 2 is 1.79 bits per heavy atom. The van der Waals surface area contributed by atoms with Crippen molar-refractivity contribution in [3.05, 3.63) is 65.0 Å². The van der Waals surface area contributed by atoms with Gasteiger partial charge in [-0.3, -0.25) is 9.59 Å². The number of hydrogen-bond acceptors (Lipinski definition) is 5. The summed E-state index contributed by atoms with van der Waals surface area (Å²) < 4.78 is 6.10. The van der Waals surface area contributed by atoms with Gasteiger partial charge in [0.15, 0.2) is 6.61 Å². The number of ether oxygens (including phenoxy) is 1. The van der Waals surface area contributed by atoms with E-state index in [4.69, 9.17) is 4.74 Å². The number of amides is 2. The number of anilines is 1. The van der Waals surface area contributed by atoms with E-state index >= 15 is 0 Å². The topological polar surface area (TPSA) is 75.7 Å². The summed E-state index contributed by atoms with van der Waals surface area (Å²) in [5.41, 5.74) is 1.75. The van der Waals surface area contributed by atoms with Crippen LogP contribution in [0.5, 0.6) is 0 Å². The van der Waals surface area contributed by atoms with Crippen LogP contribution in [0.1, 0.15) is 22.2 Å². The maximum absolute atomic E-state index is 12.2. The quantitative estimate of drug-likeness (QED) is 0.603. The first-order valence-electron chi connectivity index (χ1n) is 9.25. The molecule has 1 N–H and O–H groups in total. The molecule has 7 heteroatoms. The third kappa shape index (κ3) is 5.20. The maximum Gasteiger partial charge on any atom is 0.348 e.